The summed E-state index contributed by atoms with van der Waals surface area (Å²) < 4.78 is 10.5. The number of hydrogen-bond donors (Lipinski definition) is 1. The van der Waals surface area contributed by atoms with Gasteiger partial charge in [-0.1, -0.05) is 25.1 Å². The molecule has 4 heteroatoms. The van der Waals surface area contributed by atoms with Gasteiger partial charge in [0, 0.05) is 13.7 Å². The lowest BCUT2D eigenvalue weighted by Crippen LogP contribution is -2.39. The second-order valence-electron chi connectivity index (χ2n) is 3.61. The maximum Gasteiger partial charge on any atom is 0.261 e. The van der Waals surface area contributed by atoms with Gasteiger partial charge < -0.3 is 14.8 Å². The van der Waals surface area contributed by atoms with Crippen molar-refractivity contribution in [2.75, 3.05) is 20.3 Å². The lowest BCUT2D eigenvalue weighted by Gasteiger charge is -2.17. The molecule has 1 atom stereocenters. The zero-order valence-corrected chi connectivity index (χ0v) is 10.3. The molecule has 0 saturated carbocycles. The predicted octanol–water partition coefficient (Wildman–Crippen LogP) is 1.61. The maximum absolute atomic E-state index is 11.8. The Morgan fingerprint density at radius 2 is 2.06 bits per heavy atom. The number of hydrogen-bond acceptors (Lipinski definition) is 3. The van der Waals surface area contributed by atoms with Gasteiger partial charge in [0.25, 0.3) is 5.91 Å². The molecule has 1 aromatic rings. The standard InChI is InChI=1S/C13H19NO3/c1-3-12(13(15)14-9-10-16-2)17-11-7-5-4-6-8-11/h4-8,12H,3,9-10H2,1-2H3,(H,14,15)/t12-/m0/s1. The number of methoxy groups -OCH3 is 1. The molecule has 1 aromatic carbocycles. The predicted molar refractivity (Wildman–Crippen MR) is 66.0 cm³/mol. The molecule has 0 bridgehead atoms. The molecule has 0 radical (unpaired) electrons. The fraction of sp³-hybridized carbons (Fsp3) is 0.462. The summed E-state index contributed by atoms with van der Waals surface area (Å²) >= 11 is 0. The number of nitrogens with one attached hydrogen (secondary N) is 1. The fourth-order valence-corrected chi connectivity index (χ4v) is 1.38. The number of amides is 1. The highest BCUT2D eigenvalue weighted by atomic mass is 16.5. The third-order valence-corrected chi connectivity index (χ3v) is 2.29. The Morgan fingerprint density at radius 1 is 1.35 bits per heavy atom. The number of rotatable bonds is 7. The van der Waals surface area contributed by atoms with E-state index in [4.69, 9.17) is 9.47 Å². The minimum Gasteiger partial charge on any atom is -0.481 e. The van der Waals surface area contributed by atoms with Crippen molar-refractivity contribution < 1.29 is 14.3 Å². The van der Waals surface area contributed by atoms with Crippen molar-refractivity contribution in [3.8, 4) is 5.75 Å². The summed E-state index contributed by atoms with van der Waals surface area (Å²) in [6.45, 7) is 2.93. The molecular weight excluding hydrogens is 218 g/mol. The summed E-state index contributed by atoms with van der Waals surface area (Å²) in [6.07, 6.45) is 0.183. The van der Waals surface area contributed by atoms with Crippen molar-refractivity contribution >= 4 is 5.91 Å². The van der Waals surface area contributed by atoms with Crippen molar-refractivity contribution in [1.29, 1.82) is 0 Å². The Labute approximate surface area is 102 Å². The molecule has 1 N–H and O–H groups in total. The zero-order valence-electron chi connectivity index (χ0n) is 10.3. The molecule has 0 aliphatic rings. The van der Waals surface area contributed by atoms with Crippen LogP contribution in [0.5, 0.6) is 5.75 Å². The first-order chi connectivity index (χ1) is 8.27. The maximum atomic E-state index is 11.8. The summed E-state index contributed by atoms with van der Waals surface area (Å²) in [4.78, 5) is 11.8. The van der Waals surface area contributed by atoms with Gasteiger partial charge in [-0.3, -0.25) is 4.79 Å². The Kier molecular flexibility index (Phi) is 6.10. The Balaban J connectivity index is 2.45. The average Bonchev–Trinajstić information content (AvgIpc) is 2.37. The molecule has 1 amide bonds. The van der Waals surface area contributed by atoms with Gasteiger partial charge in [-0.25, -0.2) is 0 Å². The number of carbonyl (C=O) groups is 1. The third kappa shape index (κ3) is 4.87. The van der Waals surface area contributed by atoms with Gasteiger partial charge in [-0.15, -0.1) is 0 Å². The second kappa shape index (κ2) is 7.68. The highest BCUT2D eigenvalue weighted by Crippen LogP contribution is 2.12. The van der Waals surface area contributed by atoms with E-state index in [1.807, 2.05) is 37.3 Å². The summed E-state index contributed by atoms with van der Waals surface area (Å²) in [5.41, 5.74) is 0. The Bertz CT molecular complexity index is 327. The largest absolute Gasteiger partial charge is 0.481 e. The van der Waals surface area contributed by atoms with Crippen LogP contribution in [-0.2, 0) is 9.53 Å². The van der Waals surface area contributed by atoms with Crippen molar-refractivity contribution in [3.05, 3.63) is 30.3 Å². The van der Waals surface area contributed by atoms with E-state index < -0.39 is 6.10 Å². The van der Waals surface area contributed by atoms with E-state index in [-0.39, 0.29) is 5.91 Å². The number of para-hydroxylation sites is 1. The first kappa shape index (κ1) is 13.5. The molecule has 0 aliphatic heterocycles. The van der Waals surface area contributed by atoms with Crippen molar-refractivity contribution in [2.45, 2.75) is 19.4 Å². The summed E-state index contributed by atoms with van der Waals surface area (Å²) in [5.74, 6) is 0.606. The van der Waals surface area contributed by atoms with Crippen LogP contribution in [0.15, 0.2) is 30.3 Å². The van der Waals surface area contributed by atoms with Crippen LogP contribution in [0.4, 0.5) is 0 Å². The first-order valence-corrected chi connectivity index (χ1v) is 5.76. The topological polar surface area (TPSA) is 47.6 Å². The van der Waals surface area contributed by atoms with E-state index in [2.05, 4.69) is 5.32 Å². The number of benzene rings is 1. The van der Waals surface area contributed by atoms with Gasteiger partial charge in [-0.05, 0) is 18.6 Å². The molecule has 0 aliphatic carbocycles. The Morgan fingerprint density at radius 3 is 2.65 bits per heavy atom. The van der Waals surface area contributed by atoms with Gasteiger partial charge in [0.1, 0.15) is 5.75 Å². The molecule has 1 rings (SSSR count). The van der Waals surface area contributed by atoms with Crippen molar-refractivity contribution in [1.82, 2.24) is 5.32 Å². The summed E-state index contributed by atoms with van der Waals surface area (Å²) in [6, 6.07) is 9.35. The molecular formula is C13H19NO3. The molecule has 0 spiro atoms. The Hall–Kier alpha value is -1.55. The van der Waals surface area contributed by atoms with Crippen LogP contribution >= 0.6 is 0 Å². The lowest BCUT2D eigenvalue weighted by molar-refractivity contribution is -0.128. The van der Waals surface area contributed by atoms with Gasteiger partial charge in [0.15, 0.2) is 6.10 Å². The molecule has 0 aromatic heterocycles. The highest BCUT2D eigenvalue weighted by Gasteiger charge is 2.17. The normalized spacial score (nSPS) is 11.9. The monoisotopic (exact) mass is 237 g/mol. The van der Waals surface area contributed by atoms with Gasteiger partial charge in [0.2, 0.25) is 0 Å². The van der Waals surface area contributed by atoms with Crippen LogP contribution in [0.3, 0.4) is 0 Å². The van der Waals surface area contributed by atoms with E-state index in [0.29, 0.717) is 25.3 Å². The minimum atomic E-state index is -0.450. The van der Waals surface area contributed by atoms with Crippen LogP contribution < -0.4 is 10.1 Å². The van der Waals surface area contributed by atoms with Gasteiger partial charge in [0.05, 0.1) is 6.61 Å². The molecule has 0 unspecified atom stereocenters. The number of carbonyl (C=O) groups excluding carboxylic acids is 1. The van der Waals surface area contributed by atoms with Crippen LogP contribution in [-0.4, -0.2) is 32.3 Å². The molecule has 17 heavy (non-hydrogen) atoms. The molecule has 0 heterocycles. The van der Waals surface area contributed by atoms with E-state index in [9.17, 15) is 4.79 Å². The fourth-order valence-electron chi connectivity index (χ4n) is 1.38. The van der Waals surface area contributed by atoms with Gasteiger partial charge >= 0.3 is 0 Å². The number of ether oxygens (including phenoxy) is 2. The quantitative estimate of drug-likeness (QED) is 0.733. The molecule has 0 saturated heterocycles. The van der Waals surface area contributed by atoms with Crippen molar-refractivity contribution in [2.24, 2.45) is 0 Å². The van der Waals surface area contributed by atoms with Gasteiger partial charge in [-0.2, -0.15) is 0 Å². The summed E-state index contributed by atoms with van der Waals surface area (Å²) in [5, 5.41) is 2.77. The average molecular weight is 237 g/mol. The third-order valence-electron chi connectivity index (χ3n) is 2.29. The highest BCUT2D eigenvalue weighted by molar-refractivity contribution is 5.81. The molecule has 0 fully saturated rings. The van der Waals surface area contributed by atoms with Crippen LogP contribution in [0.25, 0.3) is 0 Å². The van der Waals surface area contributed by atoms with Crippen LogP contribution in [0.2, 0.25) is 0 Å². The van der Waals surface area contributed by atoms with Crippen LogP contribution in [0.1, 0.15) is 13.3 Å². The van der Waals surface area contributed by atoms with E-state index >= 15 is 0 Å². The van der Waals surface area contributed by atoms with E-state index in [0.717, 1.165) is 0 Å². The van der Waals surface area contributed by atoms with E-state index in [1.165, 1.54) is 0 Å². The van der Waals surface area contributed by atoms with Crippen molar-refractivity contribution in [3.63, 3.8) is 0 Å². The minimum absolute atomic E-state index is 0.103. The first-order valence-electron chi connectivity index (χ1n) is 5.76. The van der Waals surface area contributed by atoms with Crippen LogP contribution in [0, 0.1) is 0 Å². The zero-order chi connectivity index (χ0) is 12.5. The SMILES string of the molecule is CC[C@H](Oc1ccccc1)C(=O)NCCOC. The summed E-state index contributed by atoms with van der Waals surface area (Å²) in [7, 11) is 1.60. The molecule has 4 nitrogen and oxygen atoms in total. The lowest BCUT2D eigenvalue weighted by atomic mass is 10.2. The molecule has 94 valence electrons. The smallest absolute Gasteiger partial charge is 0.261 e. The van der Waals surface area contributed by atoms with E-state index in [1.54, 1.807) is 7.11 Å². The second-order valence-corrected chi connectivity index (χ2v) is 3.61.